The third kappa shape index (κ3) is 6.30. The van der Waals surface area contributed by atoms with Crippen molar-refractivity contribution in [3.05, 3.63) is 220 Å². The van der Waals surface area contributed by atoms with Gasteiger partial charge in [0.05, 0.1) is 17.1 Å². The van der Waals surface area contributed by atoms with Gasteiger partial charge in [-0.15, -0.1) is 0 Å². The Labute approximate surface area is 396 Å². The van der Waals surface area contributed by atoms with E-state index in [-0.39, 0.29) is 10.8 Å². The van der Waals surface area contributed by atoms with Crippen LogP contribution in [0.4, 0.5) is 17.1 Å². The molecule has 3 aliphatic rings. The second-order valence-corrected chi connectivity index (χ2v) is 20.5. The topological polar surface area (TPSA) is 12.5 Å². The Morgan fingerprint density at radius 1 is 0.328 bits per heavy atom. The van der Waals surface area contributed by atoms with E-state index in [9.17, 15) is 0 Å². The van der Waals surface area contributed by atoms with Gasteiger partial charge in [0.2, 0.25) is 0 Å². The van der Waals surface area contributed by atoms with Crippen LogP contribution in [0.5, 0.6) is 11.5 Å². The number of hydrogen-bond acceptors (Lipinski definition) is 2. The van der Waals surface area contributed by atoms with Gasteiger partial charge < -0.3 is 9.64 Å². The summed E-state index contributed by atoms with van der Waals surface area (Å²) in [5.41, 5.74) is 29.4. The Hall–Kier alpha value is -7.42. The molecule has 67 heavy (non-hydrogen) atoms. The van der Waals surface area contributed by atoms with E-state index >= 15 is 0 Å². The lowest BCUT2D eigenvalue weighted by molar-refractivity contribution is 0.477. The maximum atomic E-state index is 7.27. The van der Waals surface area contributed by atoms with E-state index in [0.717, 1.165) is 39.7 Å². The first-order valence-electron chi connectivity index (χ1n) is 23.8. The highest BCUT2D eigenvalue weighted by molar-refractivity contribution is 6.02. The van der Waals surface area contributed by atoms with Crippen LogP contribution in [-0.2, 0) is 10.8 Å². The summed E-state index contributed by atoms with van der Waals surface area (Å²) in [4.78, 5) is 2.50. The molecular weight excluding hydrogens is 811 g/mol. The lowest BCUT2D eigenvalue weighted by Crippen LogP contribution is -2.18. The predicted molar refractivity (Wildman–Crippen MR) is 282 cm³/mol. The van der Waals surface area contributed by atoms with Gasteiger partial charge >= 0.3 is 0 Å². The standard InChI is InChI=1S/C65H55NO/c1-38-18-24-47(41(4)30-38)53-32-40(3)33-54(48-25-19-39(2)31-42(48)5)63(53)66-59-28-22-45(43-20-26-51-49-14-10-12-16-55(49)64(6,7)57(51)34-43)36-61(59)67-62-37-46(23-29-60(62)66)44-21-27-52-50-15-11-13-17-56(50)65(8,9)58(52)35-44/h10-37H,1-9H3. The Kier molecular flexibility index (Phi) is 9.06. The predicted octanol–water partition coefficient (Wildman–Crippen LogP) is 18.1. The zero-order valence-corrected chi connectivity index (χ0v) is 40.0. The first-order valence-corrected chi connectivity index (χ1v) is 23.8. The number of aryl methyl sites for hydroxylation is 5. The third-order valence-corrected chi connectivity index (χ3v) is 15.3. The molecule has 0 saturated heterocycles. The number of hydrogen-bond donors (Lipinski definition) is 0. The fourth-order valence-corrected chi connectivity index (χ4v) is 11.8. The minimum atomic E-state index is -0.102. The highest BCUT2D eigenvalue weighted by atomic mass is 16.5. The van der Waals surface area contributed by atoms with Crippen molar-refractivity contribution in [2.45, 2.75) is 73.1 Å². The van der Waals surface area contributed by atoms with E-state index in [4.69, 9.17) is 4.74 Å². The summed E-state index contributed by atoms with van der Waals surface area (Å²) in [7, 11) is 0. The summed E-state index contributed by atoms with van der Waals surface area (Å²) in [6, 6.07) is 64.0. The molecule has 0 atom stereocenters. The van der Waals surface area contributed by atoms with Gasteiger partial charge in [-0.1, -0.05) is 160 Å². The highest BCUT2D eigenvalue weighted by Gasteiger charge is 2.38. The first-order chi connectivity index (χ1) is 32.3. The normalized spacial score (nSPS) is 14.4. The van der Waals surface area contributed by atoms with Crippen molar-refractivity contribution in [2.75, 3.05) is 4.90 Å². The number of benzene rings is 9. The second-order valence-electron chi connectivity index (χ2n) is 20.5. The molecule has 0 saturated carbocycles. The van der Waals surface area contributed by atoms with Crippen molar-refractivity contribution in [2.24, 2.45) is 0 Å². The molecule has 12 rings (SSSR count). The van der Waals surface area contributed by atoms with Gasteiger partial charge in [0, 0.05) is 22.0 Å². The average molecular weight is 866 g/mol. The Balaban J connectivity index is 1.08. The summed E-state index contributed by atoms with van der Waals surface area (Å²) in [6.07, 6.45) is 0. The zero-order chi connectivity index (χ0) is 46.1. The summed E-state index contributed by atoms with van der Waals surface area (Å²) < 4.78 is 7.27. The lowest BCUT2D eigenvalue weighted by Gasteiger charge is -2.36. The van der Waals surface area contributed by atoms with Gasteiger partial charge in [-0.2, -0.15) is 0 Å². The Morgan fingerprint density at radius 2 is 0.716 bits per heavy atom. The average Bonchev–Trinajstić information content (AvgIpc) is 3.69. The molecule has 9 aromatic rings. The molecule has 2 heteroatoms. The summed E-state index contributed by atoms with van der Waals surface area (Å²) in [5.74, 6) is 1.66. The van der Waals surface area contributed by atoms with Crippen LogP contribution >= 0.6 is 0 Å². The van der Waals surface area contributed by atoms with E-state index in [1.54, 1.807) is 0 Å². The van der Waals surface area contributed by atoms with Crippen LogP contribution in [0.2, 0.25) is 0 Å². The maximum Gasteiger partial charge on any atom is 0.152 e. The molecule has 9 aromatic carbocycles. The number of ether oxygens (including phenoxy) is 1. The van der Waals surface area contributed by atoms with Crippen LogP contribution in [0.15, 0.2) is 170 Å². The number of nitrogens with zero attached hydrogens (tertiary/aromatic N) is 1. The molecule has 2 nitrogen and oxygen atoms in total. The van der Waals surface area contributed by atoms with Crippen LogP contribution in [0, 0.1) is 34.6 Å². The van der Waals surface area contributed by atoms with E-state index in [2.05, 4.69) is 237 Å². The van der Waals surface area contributed by atoms with E-state index in [0.29, 0.717) is 0 Å². The number of anilines is 3. The largest absolute Gasteiger partial charge is 0.453 e. The molecule has 0 radical (unpaired) electrons. The zero-order valence-electron chi connectivity index (χ0n) is 40.0. The third-order valence-electron chi connectivity index (χ3n) is 15.3. The van der Waals surface area contributed by atoms with Crippen LogP contribution < -0.4 is 9.64 Å². The van der Waals surface area contributed by atoms with Crippen LogP contribution in [-0.4, -0.2) is 0 Å². The van der Waals surface area contributed by atoms with Crippen LogP contribution in [0.25, 0.3) is 66.8 Å². The minimum absolute atomic E-state index is 0.102. The quantitative estimate of drug-likeness (QED) is 0.171. The van der Waals surface area contributed by atoms with Gasteiger partial charge in [0.1, 0.15) is 0 Å². The summed E-state index contributed by atoms with van der Waals surface area (Å²) in [6.45, 7) is 20.5. The van der Waals surface area contributed by atoms with Crippen molar-refractivity contribution in [1.82, 2.24) is 0 Å². The molecule has 1 heterocycles. The van der Waals surface area contributed by atoms with Crippen molar-refractivity contribution in [1.29, 1.82) is 0 Å². The van der Waals surface area contributed by atoms with Gasteiger partial charge in [0.15, 0.2) is 11.5 Å². The van der Waals surface area contributed by atoms with Crippen molar-refractivity contribution in [3.63, 3.8) is 0 Å². The molecule has 0 amide bonds. The molecule has 0 N–H and O–H groups in total. The van der Waals surface area contributed by atoms with E-state index in [1.807, 2.05) is 0 Å². The second kappa shape index (κ2) is 14.8. The van der Waals surface area contributed by atoms with Gasteiger partial charge in [0.25, 0.3) is 0 Å². The van der Waals surface area contributed by atoms with Crippen molar-refractivity contribution in [3.8, 4) is 78.3 Å². The maximum absolute atomic E-state index is 7.27. The number of rotatable bonds is 5. The minimum Gasteiger partial charge on any atom is -0.453 e. The fraction of sp³-hybridized carbons (Fsp3) is 0.169. The molecule has 1 aliphatic heterocycles. The van der Waals surface area contributed by atoms with Crippen LogP contribution in [0.1, 0.15) is 77.8 Å². The summed E-state index contributed by atoms with van der Waals surface area (Å²) >= 11 is 0. The van der Waals surface area contributed by atoms with Gasteiger partial charge in [-0.05, 0) is 178 Å². The molecular formula is C65H55NO. The van der Waals surface area contributed by atoms with Crippen LogP contribution in [0.3, 0.4) is 0 Å². The molecule has 326 valence electrons. The monoisotopic (exact) mass is 865 g/mol. The summed E-state index contributed by atoms with van der Waals surface area (Å²) in [5, 5.41) is 0. The Morgan fingerprint density at radius 3 is 1.16 bits per heavy atom. The molecule has 0 unspecified atom stereocenters. The first kappa shape index (κ1) is 41.0. The fourth-order valence-electron chi connectivity index (χ4n) is 11.8. The van der Waals surface area contributed by atoms with E-state index in [1.165, 1.54) is 106 Å². The SMILES string of the molecule is Cc1ccc(-c2cc(C)cc(-c3ccc(C)cc3C)c2N2c3ccc(-c4ccc5c(c4)C(C)(C)c4ccccc4-5)cc3Oc3cc(-c4ccc5c(c4)C(C)(C)c4ccccc4-5)ccc32)c(C)c1. The van der Waals surface area contributed by atoms with Gasteiger partial charge in [-0.3, -0.25) is 0 Å². The smallest absolute Gasteiger partial charge is 0.152 e. The lowest BCUT2D eigenvalue weighted by atomic mass is 9.81. The number of fused-ring (bicyclic) bond motifs is 8. The highest BCUT2D eigenvalue weighted by Crippen LogP contribution is 2.58. The molecule has 2 aliphatic carbocycles. The Bertz CT molecular complexity index is 3330. The van der Waals surface area contributed by atoms with Crippen molar-refractivity contribution < 1.29 is 4.74 Å². The molecule has 0 fully saturated rings. The van der Waals surface area contributed by atoms with E-state index < -0.39 is 0 Å². The molecule has 0 spiro atoms. The van der Waals surface area contributed by atoms with Crippen molar-refractivity contribution >= 4 is 17.1 Å². The van der Waals surface area contributed by atoms with Gasteiger partial charge in [-0.25, -0.2) is 0 Å². The molecule has 0 bridgehead atoms. The molecule has 0 aromatic heterocycles.